The molecule has 1 aliphatic rings. The summed E-state index contributed by atoms with van der Waals surface area (Å²) >= 11 is 0. The third-order valence-electron chi connectivity index (χ3n) is 1.38. The molecule has 0 N–H and O–H groups in total. The first-order valence-corrected chi connectivity index (χ1v) is 2.84. The maximum Gasteiger partial charge on any atom is 0.309 e. The largest absolute Gasteiger partial charge is 0.617 e. The van der Waals surface area contributed by atoms with E-state index >= 15 is 0 Å². The predicted molar refractivity (Wildman–Crippen MR) is 29.8 cm³/mol. The van der Waals surface area contributed by atoms with E-state index in [1.54, 1.807) is 6.19 Å². The van der Waals surface area contributed by atoms with E-state index in [0.717, 1.165) is 0 Å². The molecule has 4 heteroatoms. The van der Waals surface area contributed by atoms with Crippen LogP contribution in [0.4, 0.5) is 0 Å². The highest BCUT2D eigenvalue weighted by Crippen LogP contribution is 2.05. The number of nitriles is 1. The van der Waals surface area contributed by atoms with E-state index < -0.39 is 4.65 Å². The van der Waals surface area contributed by atoms with Gasteiger partial charge < -0.3 is 9.94 Å². The minimum Gasteiger partial charge on any atom is -0.617 e. The quantitative estimate of drug-likeness (QED) is 0.258. The normalized spacial score (nSPS) is 24.9. The second-order valence-corrected chi connectivity index (χ2v) is 2.05. The molecule has 1 rings (SSSR count). The first kappa shape index (κ1) is 6.49. The number of hydrogen-bond donors (Lipinski definition) is 0. The highest BCUT2D eigenvalue weighted by Gasteiger charge is 2.20. The van der Waals surface area contributed by atoms with Crippen molar-refractivity contribution in [3.05, 3.63) is 5.21 Å². The molecule has 4 nitrogen and oxygen atoms in total. The summed E-state index contributed by atoms with van der Waals surface area (Å²) in [7, 11) is 0. The Morgan fingerprint density at radius 2 is 2.00 bits per heavy atom. The highest BCUT2D eigenvalue weighted by atomic mass is 16.6. The van der Waals surface area contributed by atoms with E-state index in [1.165, 1.54) is 0 Å². The molecule has 1 fully saturated rings. The van der Waals surface area contributed by atoms with Gasteiger partial charge in [-0.2, -0.15) is 0 Å². The summed E-state index contributed by atoms with van der Waals surface area (Å²) < 4.78 is 4.15. The van der Waals surface area contributed by atoms with Gasteiger partial charge in [-0.15, -0.1) is 5.26 Å². The van der Waals surface area contributed by atoms with E-state index in [9.17, 15) is 5.21 Å². The maximum atomic E-state index is 11.0. The lowest BCUT2D eigenvalue weighted by Gasteiger charge is -2.35. The summed E-state index contributed by atoms with van der Waals surface area (Å²) in [5.74, 6) is 0. The molecule has 50 valence electrons. The average Bonchev–Trinajstić information content (AvgIpc) is 1.90. The topological polar surface area (TPSA) is 56.1 Å². The monoisotopic (exact) mass is 128 g/mol. The number of morpholine rings is 1. The van der Waals surface area contributed by atoms with Gasteiger partial charge in [0, 0.05) is 0 Å². The lowest BCUT2D eigenvalue weighted by Crippen LogP contribution is -2.46. The van der Waals surface area contributed by atoms with Crippen molar-refractivity contribution in [3.63, 3.8) is 0 Å². The van der Waals surface area contributed by atoms with Crippen molar-refractivity contribution in [2.75, 3.05) is 26.3 Å². The van der Waals surface area contributed by atoms with Crippen molar-refractivity contribution in [1.29, 1.82) is 5.26 Å². The molecule has 9 heavy (non-hydrogen) atoms. The maximum absolute atomic E-state index is 11.0. The molecule has 0 bridgehead atoms. The zero-order chi connectivity index (χ0) is 6.74. The van der Waals surface area contributed by atoms with E-state index in [-0.39, 0.29) is 13.1 Å². The molecule has 0 aromatic carbocycles. The highest BCUT2D eigenvalue weighted by molar-refractivity contribution is 4.61. The summed E-state index contributed by atoms with van der Waals surface area (Å²) in [6.07, 6.45) is 1.68. The molecule has 0 aromatic heterocycles. The van der Waals surface area contributed by atoms with Crippen molar-refractivity contribution in [1.82, 2.24) is 0 Å². The number of hydrogen-bond acceptors (Lipinski definition) is 3. The van der Waals surface area contributed by atoms with Crippen molar-refractivity contribution in [2.45, 2.75) is 0 Å². The van der Waals surface area contributed by atoms with Gasteiger partial charge in [0.05, 0.1) is 13.2 Å². The Labute approximate surface area is 53.4 Å². The van der Waals surface area contributed by atoms with Crippen molar-refractivity contribution in [3.8, 4) is 6.19 Å². The fraction of sp³-hybridized carbons (Fsp3) is 0.800. The summed E-state index contributed by atoms with van der Waals surface area (Å²) in [5.41, 5.74) is 0. The fourth-order valence-electron chi connectivity index (χ4n) is 0.738. The Bertz CT molecular complexity index is 134. The first-order chi connectivity index (χ1) is 4.27. The Hall–Kier alpha value is -0.630. The van der Waals surface area contributed by atoms with Gasteiger partial charge in [-0.3, -0.25) is 4.65 Å². The Kier molecular flexibility index (Phi) is 1.67. The SMILES string of the molecule is N#C[N+]1([O-])CCOCC1. The first-order valence-electron chi connectivity index (χ1n) is 2.84. The van der Waals surface area contributed by atoms with Gasteiger partial charge in [0.2, 0.25) is 0 Å². The number of rotatable bonds is 0. The van der Waals surface area contributed by atoms with Gasteiger partial charge in [0.25, 0.3) is 0 Å². The Morgan fingerprint density at radius 1 is 1.44 bits per heavy atom. The molecule has 0 unspecified atom stereocenters. The third kappa shape index (κ3) is 1.39. The van der Waals surface area contributed by atoms with Crippen LogP contribution in [0.2, 0.25) is 0 Å². The molecule has 0 radical (unpaired) electrons. The fourth-order valence-corrected chi connectivity index (χ4v) is 0.738. The van der Waals surface area contributed by atoms with Crippen LogP contribution in [0.25, 0.3) is 0 Å². The Morgan fingerprint density at radius 3 is 2.33 bits per heavy atom. The lowest BCUT2D eigenvalue weighted by molar-refractivity contribution is -0.824. The van der Waals surface area contributed by atoms with Crippen LogP contribution in [0.5, 0.6) is 0 Å². The smallest absolute Gasteiger partial charge is 0.309 e. The molecule has 1 heterocycles. The van der Waals surface area contributed by atoms with Gasteiger partial charge in [0.15, 0.2) is 0 Å². The van der Waals surface area contributed by atoms with E-state index in [0.29, 0.717) is 13.2 Å². The van der Waals surface area contributed by atoms with Crippen molar-refractivity contribution < 1.29 is 9.38 Å². The zero-order valence-electron chi connectivity index (χ0n) is 5.04. The molecule has 0 amide bonds. The zero-order valence-corrected chi connectivity index (χ0v) is 5.04. The predicted octanol–water partition coefficient (Wildman–Crippen LogP) is -0.188. The number of quaternary nitrogens is 1. The molecule has 0 saturated carbocycles. The van der Waals surface area contributed by atoms with Crippen molar-refractivity contribution >= 4 is 0 Å². The molecule has 0 aliphatic carbocycles. The van der Waals surface area contributed by atoms with Crippen LogP contribution in [0.3, 0.4) is 0 Å². The van der Waals surface area contributed by atoms with Crippen LogP contribution >= 0.6 is 0 Å². The summed E-state index contributed by atoms with van der Waals surface area (Å²) in [6, 6.07) is 0. The van der Waals surface area contributed by atoms with Gasteiger partial charge >= 0.3 is 6.19 Å². The van der Waals surface area contributed by atoms with Crippen LogP contribution < -0.4 is 0 Å². The van der Waals surface area contributed by atoms with Crippen LogP contribution in [-0.2, 0) is 4.74 Å². The molecule has 0 aromatic rings. The van der Waals surface area contributed by atoms with Crippen LogP contribution in [0, 0.1) is 16.7 Å². The van der Waals surface area contributed by atoms with Gasteiger partial charge in [-0.25, -0.2) is 0 Å². The Balaban J connectivity index is 2.49. The van der Waals surface area contributed by atoms with Gasteiger partial charge in [0.1, 0.15) is 13.1 Å². The minimum absolute atomic E-state index is 0.274. The second-order valence-electron chi connectivity index (χ2n) is 2.05. The van der Waals surface area contributed by atoms with Crippen LogP contribution in [0.1, 0.15) is 0 Å². The molecule has 0 spiro atoms. The van der Waals surface area contributed by atoms with E-state index in [4.69, 9.17) is 10.00 Å². The molecule has 1 saturated heterocycles. The standard InChI is InChI=1S/C5H8N2O2/c6-5-7(8)1-3-9-4-2-7/h1-4H2. The summed E-state index contributed by atoms with van der Waals surface area (Å²) in [6.45, 7) is 1.38. The number of ether oxygens (including phenoxy) is 1. The minimum atomic E-state index is -0.750. The van der Waals surface area contributed by atoms with Gasteiger partial charge in [-0.1, -0.05) is 0 Å². The molecule has 0 atom stereocenters. The number of nitrogens with zero attached hydrogens (tertiary/aromatic N) is 2. The van der Waals surface area contributed by atoms with Gasteiger partial charge in [-0.05, 0) is 0 Å². The molecule has 1 aliphatic heterocycles. The second kappa shape index (κ2) is 2.31. The molecular weight excluding hydrogens is 120 g/mol. The summed E-state index contributed by atoms with van der Waals surface area (Å²) in [4.78, 5) is 0. The van der Waals surface area contributed by atoms with Crippen molar-refractivity contribution in [2.24, 2.45) is 0 Å². The van der Waals surface area contributed by atoms with E-state index in [1.807, 2.05) is 0 Å². The average molecular weight is 128 g/mol. The molecular formula is C5H8N2O2. The lowest BCUT2D eigenvalue weighted by atomic mass is 10.4. The third-order valence-corrected chi connectivity index (χ3v) is 1.38. The van der Waals surface area contributed by atoms with Crippen LogP contribution in [-0.4, -0.2) is 30.9 Å². The van der Waals surface area contributed by atoms with Crippen LogP contribution in [0.15, 0.2) is 0 Å². The summed E-state index contributed by atoms with van der Waals surface area (Å²) in [5, 5.41) is 19.3. The van der Waals surface area contributed by atoms with E-state index in [2.05, 4.69) is 0 Å². The number of hydroxylamine groups is 3.